The molecule has 29 heavy (non-hydrogen) atoms. The fraction of sp³-hybridized carbons (Fsp3) is 0.381. The Labute approximate surface area is 169 Å². The molecule has 0 unspecified atom stereocenters. The highest BCUT2D eigenvalue weighted by Gasteiger charge is 2.26. The highest BCUT2D eigenvalue weighted by molar-refractivity contribution is 5.74. The number of hydrogen-bond donors (Lipinski definition) is 2. The van der Waals surface area contributed by atoms with E-state index in [1.807, 2.05) is 35.2 Å². The molecule has 0 radical (unpaired) electrons. The maximum atomic E-state index is 13.0. The number of nitrogens with zero attached hydrogens (tertiary/aromatic N) is 5. The minimum absolute atomic E-state index is 0.0931. The first-order valence-electron chi connectivity index (χ1n) is 10.1. The monoisotopic (exact) mass is 391 g/mol. The van der Waals surface area contributed by atoms with E-state index >= 15 is 0 Å². The van der Waals surface area contributed by atoms with Gasteiger partial charge in [-0.2, -0.15) is 5.10 Å². The first-order chi connectivity index (χ1) is 14.3. The summed E-state index contributed by atoms with van der Waals surface area (Å²) in [7, 11) is 0. The number of carbonyl (C=O) groups excluding carboxylic acids is 1. The Morgan fingerprint density at radius 3 is 2.69 bits per heavy atom. The molecular weight excluding hydrogens is 366 g/mol. The molecule has 0 spiro atoms. The van der Waals surface area contributed by atoms with Crippen LogP contribution in [0.1, 0.15) is 43.6 Å². The Morgan fingerprint density at radius 1 is 1.10 bits per heavy atom. The highest BCUT2D eigenvalue weighted by atomic mass is 16.2. The fourth-order valence-corrected chi connectivity index (χ4v) is 3.69. The molecule has 4 rings (SSSR count). The maximum absolute atomic E-state index is 13.0. The number of aromatic amines is 1. The number of amides is 2. The number of H-pyrrole nitrogens is 1. The minimum atomic E-state index is -0.0931. The third-order valence-corrected chi connectivity index (χ3v) is 5.21. The summed E-state index contributed by atoms with van der Waals surface area (Å²) in [6.45, 7) is 0.804. The van der Waals surface area contributed by atoms with Gasteiger partial charge in [0.2, 0.25) is 0 Å². The summed E-state index contributed by atoms with van der Waals surface area (Å²) in [6, 6.07) is 9.65. The van der Waals surface area contributed by atoms with Gasteiger partial charge in [0.15, 0.2) is 5.82 Å². The van der Waals surface area contributed by atoms with Crippen molar-refractivity contribution in [1.29, 1.82) is 0 Å². The van der Waals surface area contributed by atoms with Crippen molar-refractivity contribution in [3.63, 3.8) is 0 Å². The van der Waals surface area contributed by atoms with Gasteiger partial charge >= 0.3 is 6.03 Å². The van der Waals surface area contributed by atoms with Crippen molar-refractivity contribution in [2.45, 2.75) is 51.2 Å². The molecule has 1 saturated carbocycles. The fourth-order valence-electron chi connectivity index (χ4n) is 3.69. The molecule has 3 heterocycles. The number of aromatic nitrogens is 5. The van der Waals surface area contributed by atoms with Gasteiger partial charge in [0, 0.05) is 30.2 Å². The first kappa shape index (κ1) is 19.0. The second kappa shape index (κ2) is 9.27. The Morgan fingerprint density at radius 2 is 1.93 bits per heavy atom. The second-order valence-electron chi connectivity index (χ2n) is 7.24. The SMILES string of the molecule is O=C(NCc1nc(-c2ccncc2)n[nH]1)N(Cc1ccccn1)C1CCCCC1. The van der Waals surface area contributed by atoms with Gasteiger partial charge in [-0.3, -0.25) is 15.1 Å². The normalized spacial score (nSPS) is 14.5. The van der Waals surface area contributed by atoms with Crippen LogP contribution in [0.5, 0.6) is 0 Å². The number of urea groups is 1. The van der Waals surface area contributed by atoms with Gasteiger partial charge in [0.05, 0.1) is 18.8 Å². The summed E-state index contributed by atoms with van der Waals surface area (Å²) in [5.74, 6) is 1.21. The number of carbonyl (C=O) groups is 1. The highest BCUT2D eigenvalue weighted by Crippen LogP contribution is 2.24. The van der Waals surface area contributed by atoms with Crippen LogP contribution in [-0.2, 0) is 13.1 Å². The van der Waals surface area contributed by atoms with Crippen LogP contribution in [0.25, 0.3) is 11.4 Å². The van der Waals surface area contributed by atoms with Crippen LogP contribution in [0.4, 0.5) is 4.79 Å². The molecular formula is C21H25N7O. The van der Waals surface area contributed by atoms with Crippen LogP contribution >= 0.6 is 0 Å². The number of nitrogens with one attached hydrogen (secondary N) is 2. The van der Waals surface area contributed by atoms with E-state index in [9.17, 15) is 4.79 Å². The molecule has 150 valence electrons. The number of pyridine rings is 2. The van der Waals surface area contributed by atoms with Crippen LogP contribution in [0, 0.1) is 0 Å². The molecule has 2 amide bonds. The Hall–Kier alpha value is -3.29. The lowest BCUT2D eigenvalue weighted by Crippen LogP contribution is -2.46. The maximum Gasteiger partial charge on any atom is 0.318 e. The standard InChI is InChI=1S/C21H25N7O/c29-21(24-14-19-25-20(27-26-19)16-9-12-22-13-10-16)28(18-7-2-1-3-8-18)15-17-6-4-5-11-23-17/h4-6,9-13,18H,1-3,7-8,14-15H2,(H,24,29)(H,25,26,27). The quantitative estimate of drug-likeness (QED) is 0.671. The van der Waals surface area contributed by atoms with Gasteiger partial charge in [-0.25, -0.2) is 9.78 Å². The molecule has 0 aliphatic heterocycles. The average molecular weight is 391 g/mol. The third kappa shape index (κ3) is 4.96. The zero-order valence-corrected chi connectivity index (χ0v) is 16.3. The van der Waals surface area contributed by atoms with Crippen LogP contribution in [0.2, 0.25) is 0 Å². The summed E-state index contributed by atoms with van der Waals surface area (Å²) >= 11 is 0. The topological polar surface area (TPSA) is 99.7 Å². The van der Waals surface area contributed by atoms with Crippen molar-refractivity contribution in [1.82, 2.24) is 35.4 Å². The van der Waals surface area contributed by atoms with Crippen LogP contribution in [0.15, 0.2) is 48.9 Å². The molecule has 0 bridgehead atoms. The van der Waals surface area contributed by atoms with Gasteiger partial charge in [0.25, 0.3) is 0 Å². The van der Waals surface area contributed by atoms with Gasteiger partial charge in [-0.15, -0.1) is 0 Å². The van der Waals surface area contributed by atoms with E-state index in [0.29, 0.717) is 24.7 Å². The van der Waals surface area contributed by atoms with E-state index in [1.165, 1.54) is 6.42 Å². The minimum Gasteiger partial charge on any atom is -0.331 e. The predicted molar refractivity (Wildman–Crippen MR) is 109 cm³/mol. The van der Waals surface area contributed by atoms with Crippen molar-refractivity contribution in [3.8, 4) is 11.4 Å². The Bertz CT molecular complexity index is 907. The van der Waals surface area contributed by atoms with Crippen molar-refractivity contribution in [2.75, 3.05) is 0 Å². The molecule has 1 aliphatic carbocycles. The molecule has 8 heteroatoms. The van der Waals surface area contributed by atoms with Crippen molar-refractivity contribution in [3.05, 3.63) is 60.4 Å². The molecule has 0 aromatic carbocycles. The van der Waals surface area contributed by atoms with Crippen LogP contribution < -0.4 is 5.32 Å². The summed E-state index contributed by atoms with van der Waals surface area (Å²) < 4.78 is 0. The molecule has 1 aliphatic rings. The average Bonchev–Trinajstić information content (AvgIpc) is 3.27. The summed E-state index contributed by atoms with van der Waals surface area (Å²) in [4.78, 5) is 27.8. The Balaban J connectivity index is 1.41. The van der Waals surface area contributed by atoms with Gasteiger partial charge in [-0.1, -0.05) is 25.3 Å². The van der Waals surface area contributed by atoms with E-state index in [-0.39, 0.29) is 12.1 Å². The van der Waals surface area contributed by atoms with Gasteiger partial charge in [0.1, 0.15) is 5.82 Å². The molecule has 2 N–H and O–H groups in total. The van der Waals surface area contributed by atoms with Gasteiger partial charge in [-0.05, 0) is 37.1 Å². The molecule has 3 aromatic rings. The molecule has 0 atom stereocenters. The molecule has 8 nitrogen and oxygen atoms in total. The number of rotatable bonds is 6. The van der Waals surface area contributed by atoms with E-state index in [4.69, 9.17) is 0 Å². The van der Waals surface area contributed by atoms with Crippen molar-refractivity contribution >= 4 is 6.03 Å². The van der Waals surface area contributed by atoms with Crippen molar-refractivity contribution < 1.29 is 4.79 Å². The third-order valence-electron chi connectivity index (χ3n) is 5.21. The van der Waals surface area contributed by atoms with E-state index < -0.39 is 0 Å². The second-order valence-corrected chi connectivity index (χ2v) is 7.24. The number of hydrogen-bond acceptors (Lipinski definition) is 5. The zero-order chi connectivity index (χ0) is 19.9. The molecule has 1 fully saturated rings. The summed E-state index contributed by atoms with van der Waals surface area (Å²) in [5.41, 5.74) is 1.78. The Kier molecular flexibility index (Phi) is 6.09. The summed E-state index contributed by atoms with van der Waals surface area (Å²) in [5, 5.41) is 10.1. The zero-order valence-electron chi connectivity index (χ0n) is 16.3. The van der Waals surface area contributed by atoms with Crippen LogP contribution in [-0.4, -0.2) is 42.1 Å². The van der Waals surface area contributed by atoms with E-state index in [2.05, 4.69) is 30.5 Å². The van der Waals surface area contributed by atoms with Crippen LogP contribution in [0.3, 0.4) is 0 Å². The lowest BCUT2D eigenvalue weighted by Gasteiger charge is -2.34. The first-order valence-corrected chi connectivity index (χ1v) is 10.1. The predicted octanol–water partition coefficient (Wildman–Crippen LogP) is 3.31. The lowest BCUT2D eigenvalue weighted by atomic mass is 9.94. The van der Waals surface area contributed by atoms with Gasteiger partial charge < -0.3 is 10.2 Å². The van der Waals surface area contributed by atoms with E-state index in [1.54, 1.807) is 18.6 Å². The largest absolute Gasteiger partial charge is 0.331 e. The summed E-state index contributed by atoms with van der Waals surface area (Å²) in [6.07, 6.45) is 10.8. The lowest BCUT2D eigenvalue weighted by molar-refractivity contribution is 0.149. The smallest absolute Gasteiger partial charge is 0.318 e. The van der Waals surface area contributed by atoms with E-state index in [0.717, 1.165) is 36.9 Å². The van der Waals surface area contributed by atoms with Crippen molar-refractivity contribution in [2.24, 2.45) is 0 Å². The molecule has 0 saturated heterocycles. The molecule has 3 aromatic heterocycles.